The zero-order valence-corrected chi connectivity index (χ0v) is 12.1. The van der Waals surface area contributed by atoms with Crippen molar-refractivity contribution in [3.05, 3.63) is 24.0 Å². The fourth-order valence-corrected chi connectivity index (χ4v) is 1.74. The summed E-state index contributed by atoms with van der Waals surface area (Å²) in [6.07, 6.45) is -0.175. The van der Waals surface area contributed by atoms with E-state index in [1.807, 2.05) is 13.8 Å². The normalized spacial score (nSPS) is 11.9. The molecule has 0 saturated heterocycles. The van der Waals surface area contributed by atoms with Gasteiger partial charge in [0.1, 0.15) is 11.6 Å². The highest BCUT2D eigenvalue weighted by molar-refractivity contribution is 5.91. The lowest BCUT2D eigenvalue weighted by atomic mass is 10.0. The third-order valence-electron chi connectivity index (χ3n) is 2.93. The number of amides is 2. The van der Waals surface area contributed by atoms with Crippen molar-refractivity contribution in [2.24, 2.45) is 5.92 Å². The smallest absolute Gasteiger partial charge is 0.319 e. The number of rotatable bonds is 6. The molecule has 0 fully saturated rings. The molecule has 1 rings (SSSR count). The summed E-state index contributed by atoms with van der Waals surface area (Å²) in [4.78, 5) is 22.7. The molecule has 0 spiro atoms. The van der Waals surface area contributed by atoms with Crippen molar-refractivity contribution in [3.8, 4) is 5.75 Å². The van der Waals surface area contributed by atoms with Crippen LogP contribution in [0.5, 0.6) is 5.75 Å². The standard InChI is InChI=1S/C14H19FN2O4/c1-8(2)11(7-13(18)19)17-14(20)16-10-5-4-9(15)6-12(10)21-3/h4-6,8,11H,7H2,1-3H3,(H,18,19)(H2,16,17,20). The van der Waals surface area contributed by atoms with Crippen LogP contribution in [-0.2, 0) is 4.79 Å². The Morgan fingerprint density at radius 3 is 2.57 bits per heavy atom. The number of carboxylic acid groups (broad SMARTS) is 1. The van der Waals surface area contributed by atoms with Crippen molar-refractivity contribution < 1.29 is 23.8 Å². The Morgan fingerprint density at radius 2 is 2.05 bits per heavy atom. The van der Waals surface area contributed by atoms with E-state index in [1.54, 1.807) is 0 Å². The van der Waals surface area contributed by atoms with Crippen molar-refractivity contribution in [1.29, 1.82) is 0 Å². The molecule has 0 bridgehead atoms. The number of carbonyl (C=O) groups excluding carboxylic acids is 1. The molecule has 0 aromatic heterocycles. The number of carboxylic acids is 1. The topological polar surface area (TPSA) is 87.7 Å². The van der Waals surface area contributed by atoms with Crippen LogP contribution in [0.3, 0.4) is 0 Å². The number of methoxy groups -OCH3 is 1. The Balaban J connectivity index is 2.74. The van der Waals surface area contributed by atoms with E-state index in [2.05, 4.69) is 10.6 Å². The highest BCUT2D eigenvalue weighted by Crippen LogP contribution is 2.24. The average molecular weight is 298 g/mol. The predicted molar refractivity (Wildman–Crippen MR) is 76.0 cm³/mol. The van der Waals surface area contributed by atoms with Gasteiger partial charge in [-0.05, 0) is 18.1 Å². The van der Waals surface area contributed by atoms with Gasteiger partial charge in [0.25, 0.3) is 0 Å². The number of urea groups is 1. The van der Waals surface area contributed by atoms with E-state index in [-0.39, 0.29) is 18.1 Å². The van der Waals surface area contributed by atoms with Gasteiger partial charge in [0.15, 0.2) is 0 Å². The Morgan fingerprint density at radius 1 is 1.38 bits per heavy atom. The van der Waals surface area contributed by atoms with Gasteiger partial charge in [-0.25, -0.2) is 9.18 Å². The molecule has 1 atom stereocenters. The molecule has 1 unspecified atom stereocenters. The predicted octanol–water partition coefficient (Wildman–Crippen LogP) is 2.46. The number of hydrogen-bond donors (Lipinski definition) is 3. The lowest BCUT2D eigenvalue weighted by Gasteiger charge is -2.21. The van der Waals surface area contributed by atoms with Gasteiger partial charge in [0.2, 0.25) is 0 Å². The maximum absolute atomic E-state index is 13.1. The lowest BCUT2D eigenvalue weighted by molar-refractivity contribution is -0.137. The summed E-state index contributed by atoms with van der Waals surface area (Å²) in [6.45, 7) is 3.62. The second kappa shape index (κ2) is 7.47. The van der Waals surface area contributed by atoms with Gasteiger partial charge in [-0.3, -0.25) is 4.79 Å². The minimum Gasteiger partial charge on any atom is -0.494 e. The Bertz CT molecular complexity index is 520. The lowest BCUT2D eigenvalue weighted by Crippen LogP contribution is -2.42. The maximum Gasteiger partial charge on any atom is 0.319 e. The van der Waals surface area contributed by atoms with Gasteiger partial charge in [-0.1, -0.05) is 13.8 Å². The summed E-state index contributed by atoms with van der Waals surface area (Å²) < 4.78 is 18.0. The quantitative estimate of drug-likeness (QED) is 0.752. The van der Waals surface area contributed by atoms with Crippen molar-refractivity contribution in [3.63, 3.8) is 0 Å². The highest BCUT2D eigenvalue weighted by atomic mass is 19.1. The molecule has 0 radical (unpaired) electrons. The third kappa shape index (κ3) is 5.29. The molecule has 0 heterocycles. The number of ether oxygens (including phenoxy) is 1. The van der Waals surface area contributed by atoms with Crippen LogP contribution >= 0.6 is 0 Å². The molecule has 1 aromatic carbocycles. The molecule has 0 aliphatic rings. The summed E-state index contributed by atoms with van der Waals surface area (Å²) in [6, 6.07) is 2.63. The van der Waals surface area contributed by atoms with Crippen LogP contribution in [0.25, 0.3) is 0 Å². The number of halogens is 1. The Hall–Kier alpha value is -2.31. The Labute approximate surface area is 122 Å². The van der Waals surface area contributed by atoms with Crippen LogP contribution in [0.1, 0.15) is 20.3 Å². The first kappa shape index (κ1) is 16.7. The molecule has 3 N–H and O–H groups in total. The molecule has 7 heteroatoms. The number of aliphatic carboxylic acids is 1. The van der Waals surface area contributed by atoms with Gasteiger partial charge in [-0.2, -0.15) is 0 Å². The van der Waals surface area contributed by atoms with Gasteiger partial charge in [0, 0.05) is 12.1 Å². The second-order valence-electron chi connectivity index (χ2n) is 4.89. The Kier molecular flexibility index (Phi) is 5.95. The van der Waals surface area contributed by atoms with Gasteiger partial charge < -0.3 is 20.5 Å². The summed E-state index contributed by atoms with van der Waals surface area (Å²) in [5.41, 5.74) is 0.300. The minimum atomic E-state index is -0.992. The molecule has 0 aliphatic carbocycles. The molecule has 0 aliphatic heterocycles. The second-order valence-corrected chi connectivity index (χ2v) is 4.89. The van der Waals surface area contributed by atoms with E-state index in [1.165, 1.54) is 19.2 Å². The van der Waals surface area contributed by atoms with Gasteiger partial charge in [-0.15, -0.1) is 0 Å². The minimum absolute atomic E-state index is 0.0398. The van der Waals surface area contributed by atoms with Crippen molar-refractivity contribution in [2.45, 2.75) is 26.3 Å². The van der Waals surface area contributed by atoms with Crippen molar-refractivity contribution in [1.82, 2.24) is 5.32 Å². The van der Waals surface area contributed by atoms with Crippen LogP contribution in [0.15, 0.2) is 18.2 Å². The summed E-state index contributed by atoms with van der Waals surface area (Å²) in [5.74, 6) is -1.33. The fraction of sp³-hybridized carbons (Fsp3) is 0.429. The number of hydrogen-bond acceptors (Lipinski definition) is 3. The van der Waals surface area contributed by atoms with Gasteiger partial charge >= 0.3 is 12.0 Å². The van der Waals surface area contributed by atoms with E-state index in [9.17, 15) is 14.0 Å². The average Bonchev–Trinajstić information content (AvgIpc) is 2.39. The van der Waals surface area contributed by atoms with E-state index >= 15 is 0 Å². The van der Waals surface area contributed by atoms with Crippen LogP contribution in [0.4, 0.5) is 14.9 Å². The van der Waals surface area contributed by atoms with Crippen LogP contribution in [-0.4, -0.2) is 30.3 Å². The third-order valence-corrected chi connectivity index (χ3v) is 2.93. The molecule has 21 heavy (non-hydrogen) atoms. The molecule has 1 aromatic rings. The monoisotopic (exact) mass is 298 g/mol. The van der Waals surface area contributed by atoms with E-state index in [0.717, 1.165) is 6.07 Å². The first-order valence-electron chi connectivity index (χ1n) is 6.46. The molecule has 116 valence electrons. The number of benzene rings is 1. The van der Waals surface area contributed by atoms with E-state index < -0.39 is 23.9 Å². The highest BCUT2D eigenvalue weighted by Gasteiger charge is 2.20. The van der Waals surface area contributed by atoms with Crippen LogP contribution in [0.2, 0.25) is 0 Å². The molecule has 6 nitrogen and oxygen atoms in total. The van der Waals surface area contributed by atoms with Gasteiger partial charge in [0.05, 0.1) is 19.2 Å². The molecular formula is C14H19FN2O4. The van der Waals surface area contributed by atoms with E-state index in [0.29, 0.717) is 5.69 Å². The first-order chi connectivity index (χ1) is 9.83. The number of nitrogens with one attached hydrogen (secondary N) is 2. The SMILES string of the molecule is COc1cc(F)ccc1NC(=O)NC(CC(=O)O)C(C)C. The maximum atomic E-state index is 13.1. The molecular weight excluding hydrogens is 279 g/mol. The van der Waals surface area contributed by atoms with Crippen LogP contribution in [0, 0.1) is 11.7 Å². The molecule has 0 saturated carbocycles. The van der Waals surface area contributed by atoms with Crippen molar-refractivity contribution in [2.75, 3.05) is 12.4 Å². The number of anilines is 1. The molecule has 2 amide bonds. The first-order valence-corrected chi connectivity index (χ1v) is 6.46. The zero-order valence-electron chi connectivity index (χ0n) is 12.1. The summed E-state index contributed by atoms with van der Waals surface area (Å²) in [5, 5.41) is 13.9. The fourth-order valence-electron chi connectivity index (χ4n) is 1.74. The largest absolute Gasteiger partial charge is 0.494 e. The number of carbonyl (C=O) groups is 2. The van der Waals surface area contributed by atoms with E-state index in [4.69, 9.17) is 9.84 Å². The van der Waals surface area contributed by atoms with Crippen molar-refractivity contribution >= 4 is 17.7 Å². The van der Waals surface area contributed by atoms with Crippen LogP contribution < -0.4 is 15.4 Å². The summed E-state index contributed by atoms with van der Waals surface area (Å²) >= 11 is 0. The summed E-state index contributed by atoms with van der Waals surface area (Å²) in [7, 11) is 1.36. The zero-order chi connectivity index (χ0) is 16.0.